The van der Waals surface area contributed by atoms with Crippen LogP contribution in [0.15, 0.2) is 0 Å². The predicted octanol–water partition coefficient (Wildman–Crippen LogP) is 19.8. The van der Waals surface area contributed by atoms with Gasteiger partial charge in [-0.05, 0) is 43.4 Å². The molecule has 5 atom stereocenters. The number of carbonyl (C=O) groups is 4. The van der Waals surface area contributed by atoms with Gasteiger partial charge in [0.15, 0.2) is 12.2 Å². The highest BCUT2D eigenvalue weighted by atomic mass is 31.2. The minimum Gasteiger partial charge on any atom is -0.462 e. The molecular formula is C70H136O17P2. The van der Waals surface area contributed by atoms with Crippen LogP contribution in [0.1, 0.15) is 350 Å². The number of phosphoric ester groups is 2. The molecule has 0 aromatic carbocycles. The summed E-state index contributed by atoms with van der Waals surface area (Å²) in [5, 5.41) is 10.6. The second-order valence-corrected chi connectivity index (χ2v) is 29.6. The van der Waals surface area contributed by atoms with Crippen LogP contribution >= 0.6 is 15.6 Å². The SMILES string of the molecule is CCCCCCCCCCCCCCC(=O)OC[C@H](COP(=O)(O)OC[C@@H](O)COP(=O)(O)OC[C@@H](COC(=O)CCCCCCCCCC(C)C)OC(=O)CCCCCCCCCC(C)C)OC(=O)CCCCCCCCCCCCCCCCC(C)C. The first-order chi connectivity index (χ1) is 42.7. The van der Waals surface area contributed by atoms with Crippen LogP contribution in [0, 0.1) is 17.8 Å². The zero-order chi connectivity index (χ0) is 65.9. The molecule has 0 heterocycles. The maximum atomic E-state index is 13.0. The van der Waals surface area contributed by atoms with Crippen molar-refractivity contribution in [2.45, 2.75) is 369 Å². The number of rotatable bonds is 68. The normalized spacial score (nSPS) is 14.2. The van der Waals surface area contributed by atoms with Gasteiger partial charge in [0.1, 0.15) is 19.3 Å². The molecule has 0 spiro atoms. The lowest BCUT2D eigenvalue weighted by Crippen LogP contribution is -2.30. The van der Waals surface area contributed by atoms with E-state index in [1.807, 2.05) is 0 Å². The molecule has 528 valence electrons. The smallest absolute Gasteiger partial charge is 0.462 e. The molecule has 0 radical (unpaired) electrons. The maximum Gasteiger partial charge on any atom is 0.472 e. The van der Waals surface area contributed by atoms with Gasteiger partial charge in [0.2, 0.25) is 0 Å². The number of aliphatic hydroxyl groups excluding tert-OH is 1. The van der Waals surface area contributed by atoms with E-state index in [2.05, 4.69) is 48.5 Å². The third-order valence-electron chi connectivity index (χ3n) is 16.1. The van der Waals surface area contributed by atoms with Gasteiger partial charge in [-0.25, -0.2) is 9.13 Å². The summed E-state index contributed by atoms with van der Waals surface area (Å²) in [5.74, 6) is 0.0674. The standard InChI is InChI=1S/C70H136O17P2/c1-8-9-10-11-12-13-14-20-23-30-37-44-51-67(72)80-57-65(86-69(74)53-46-39-31-24-21-18-16-15-17-19-22-27-34-41-48-61(2)3)59-84-88(76,77)82-55-64(71)56-83-89(78,79)85-60-66(87-70(75)54-47-40-33-26-29-36-43-50-63(6)7)58-81-68(73)52-45-38-32-25-28-35-42-49-62(4)5/h61-66,71H,8-60H2,1-7H3,(H,76,77)(H,78,79)/t64-,65-,66-/m1/s1. The Kier molecular flexibility index (Phi) is 59.6. The van der Waals surface area contributed by atoms with Crippen LogP contribution < -0.4 is 0 Å². The number of esters is 4. The Morgan fingerprint density at radius 2 is 0.517 bits per heavy atom. The van der Waals surface area contributed by atoms with E-state index >= 15 is 0 Å². The van der Waals surface area contributed by atoms with E-state index in [1.54, 1.807) is 0 Å². The van der Waals surface area contributed by atoms with Gasteiger partial charge in [-0.1, -0.05) is 299 Å². The molecule has 0 aromatic heterocycles. The Bertz CT molecular complexity index is 1750. The Hall–Kier alpha value is -1.94. The van der Waals surface area contributed by atoms with E-state index < -0.39 is 97.5 Å². The van der Waals surface area contributed by atoms with Crippen molar-refractivity contribution in [1.82, 2.24) is 0 Å². The first kappa shape index (κ1) is 87.1. The summed E-state index contributed by atoms with van der Waals surface area (Å²) in [7, 11) is -9.90. The Morgan fingerprint density at radius 3 is 0.764 bits per heavy atom. The van der Waals surface area contributed by atoms with Crippen LogP contribution in [0.2, 0.25) is 0 Å². The van der Waals surface area contributed by atoms with Crippen molar-refractivity contribution in [3.63, 3.8) is 0 Å². The molecule has 0 bridgehead atoms. The summed E-state index contributed by atoms with van der Waals surface area (Å²) in [4.78, 5) is 72.5. The fourth-order valence-electron chi connectivity index (χ4n) is 10.5. The first-order valence-corrected chi connectivity index (χ1v) is 39.3. The third kappa shape index (κ3) is 64.6. The van der Waals surface area contributed by atoms with Gasteiger partial charge in [0, 0.05) is 25.7 Å². The zero-order valence-corrected chi connectivity index (χ0v) is 59.7. The minimum absolute atomic E-state index is 0.103. The molecule has 0 fully saturated rings. The Balaban J connectivity index is 5.23. The maximum absolute atomic E-state index is 13.0. The summed E-state index contributed by atoms with van der Waals surface area (Å²) < 4.78 is 68.2. The molecule has 0 aliphatic rings. The van der Waals surface area contributed by atoms with Gasteiger partial charge >= 0.3 is 39.5 Å². The van der Waals surface area contributed by atoms with E-state index in [-0.39, 0.29) is 25.7 Å². The fourth-order valence-corrected chi connectivity index (χ4v) is 12.1. The second-order valence-electron chi connectivity index (χ2n) is 26.7. The summed E-state index contributed by atoms with van der Waals surface area (Å²) in [6.07, 6.45) is 44.6. The topological polar surface area (TPSA) is 237 Å². The molecule has 19 heteroatoms. The summed E-state index contributed by atoms with van der Waals surface area (Å²) >= 11 is 0. The van der Waals surface area contributed by atoms with E-state index in [4.69, 9.17) is 37.0 Å². The monoisotopic (exact) mass is 1310 g/mol. The molecule has 3 N–H and O–H groups in total. The predicted molar refractivity (Wildman–Crippen MR) is 358 cm³/mol. The molecule has 0 aromatic rings. The van der Waals surface area contributed by atoms with Gasteiger partial charge in [-0.2, -0.15) is 0 Å². The second kappa shape index (κ2) is 61.0. The number of hydrogen-bond acceptors (Lipinski definition) is 15. The number of carbonyl (C=O) groups excluding carboxylic acids is 4. The highest BCUT2D eigenvalue weighted by molar-refractivity contribution is 7.47. The third-order valence-corrected chi connectivity index (χ3v) is 18.0. The van der Waals surface area contributed by atoms with Gasteiger partial charge in [0.25, 0.3) is 0 Å². The van der Waals surface area contributed by atoms with Crippen LogP contribution in [0.25, 0.3) is 0 Å². The van der Waals surface area contributed by atoms with Crippen molar-refractivity contribution in [1.29, 1.82) is 0 Å². The van der Waals surface area contributed by atoms with E-state index in [9.17, 15) is 43.2 Å². The van der Waals surface area contributed by atoms with Crippen molar-refractivity contribution >= 4 is 39.5 Å². The van der Waals surface area contributed by atoms with E-state index in [0.717, 1.165) is 102 Å². The number of unbranched alkanes of at least 4 members (excludes halogenated alkanes) is 36. The van der Waals surface area contributed by atoms with E-state index in [0.29, 0.717) is 37.5 Å². The minimum atomic E-state index is -4.95. The molecular weight excluding hydrogens is 1170 g/mol. The van der Waals surface area contributed by atoms with Crippen molar-refractivity contribution < 1.29 is 80.2 Å². The van der Waals surface area contributed by atoms with Crippen LogP contribution in [-0.4, -0.2) is 96.7 Å². The average molecular weight is 1310 g/mol. The van der Waals surface area contributed by atoms with Crippen molar-refractivity contribution in [3.8, 4) is 0 Å². The molecule has 0 rings (SSSR count). The molecule has 89 heavy (non-hydrogen) atoms. The molecule has 0 saturated carbocycles. The molecule has 0 aliphatic heterocycles. The number of phosphoric acid groups is 2. The van der Waals surface area contributed by atoms with Gasteiger partial charge in [-0.15, -0.1) is 0 Å². The lowest BCUT2D eigenvalue weighted by molar-refractivity contribution is -0.161. The Labute approximate surface area is 543 Å². The molecule has 0 aliphatic carbocycles. The van der Waals surface area contributed by atoms with Crippen molar-refractivity contribution in [2.75, 3.05) is 39.6 Å². The van der Waals surface area contributed by atoms with Gasteiger partial charge in [-0.3, -0.25) is 37.3 Å². The zero-order valence-electron chi connectivity index (χ0n) is 57.9. The van der Waals surface area contributed by atoms with Crippen LogP contribution in [0.5, 0.6) is 0 Å². The largest absolute Gasteiger partial charge is 0.472 e. The number of aliphatic hydroxyl groups is 1. The highest BCUT2D eigenvalue weighted by Gasteiger charge is 2.30. The Morgan fingerprint density at radius 1 is 0.303 bits per heavy atom. The van der Waals surface area contributed by atoms with Crippen LogP contribution in [-0.2, 0) is 65.4 Å². The molecule has 0 saturated heterocycles. The molecule has 17 nitrogen and oxygen atoms in total. The highest BCUT2D eigenvalue weighted by Crippen LogP contribution is 2.45. The lowest BCUT2D eigenvalue weighted by atomic mass is 10.0. The lowest BCUT2D eigenvalue weighted by Gasteiger charge is -2.21. The molecule has 0 amide bonds. The quantitative estimate of drug-likeness (QED) is 0.0222. The van der Waals surface area contributed by atoms with Gasteiger partial charge < -0.3 is 33.8 Å². The van der Waals surface area contributed by atoms with Gasteiger partial charge in [0.05, 0.1) is 26.4 Å². The average Bonchev–Trinajstić information content (AvgIpc) is 3.69. The van der Waals surface area contributed by atoms with E-state index in [1.165, 1.54) is 154 Å². The molecule has 2 unspecified atom stereocenters. The van der Waals surface area contributed by atoms with Crippen LogP contribution in [0.4, 0.5) is 0 Å². The van der Waals surface area contributed by atoms with Crippen molar-refractivity contribution in [2.24, 2.45) is 17.8 Å². The van der Waals surface area contributed by atoms with Crippen LogP contribution in [0.3, 0.4) is 0 Å². The van der Waals surface area contributed by atoms with Crippen molar-refractivity contribution in [3.05, 3.63) is 0 Å². The number of hydrogen-bond donors (Lipinski definition) is 3. The summed E-state index contributed by atoms with van der Waals surface area (Å²) in [5.41, 5.74) is 0. The first-order valence-electron chi connectivity index (χ1n) is 36.3. The summed E-state index contributed by atoms with van der Waals surface area (Å²) in [6.45, 7) is 11.7. The number of ether oxygens (including phenoxy) is 4. The fraction of sp³-hybridized carbons (Fsp3) is 0.943. The summed E-state index contributed by atoms with van der Waals surface area (Å²) in [6, 6.07) is 0.